The van der Waals surface area contributed by atoms with Gasteiger partial charge in [-0.2, -0.15) is 4.98 Å². The summed E-state index contributed by atoms with van der Waals surface area (Å²) < 4.78 is 1.58. The molecule has 0 aliphatic carbocycles. The molecule has 0 saturated carbocycles. The van der Waals surface area contributed by atoms with Crippen molar-refractivity contribution in [1.29, 1.82) is 0 Å². The van der Waals surface area contributed by atoms with Crippen molar-refractivity contribution >= 4 is 17.3 Å². The molecular formula is C14H17N3O3S. The lowest BCUT2D eigenvalue weighted by molar-refractivity contribution is -0.136. The van der Waals surface area contributed by atoms with Crippen LogP contribution >= 0.6 is 11.3 Å². The van der Waals surface area contributed by atoms with E-state index in [-0.39, 0.29) is 12.1 Å². The van der Waals surface area contributed by atoms with Crippen molar-refractivity contribution in [2.75, 3.05) is 0 Å². The molecule has 6 nitrogen and oxygen atoms in total. The van der Waals surface area contributed by atoms with Crippen LogP contribution in [0.25, 0.3) is 0 Å². The molecule has 1 N–H and O–H groups in total. The molecule has 2 rings (SSSR count). The Morgan fingerprint density at radius 2 is 2.10 bits per heavy atom. The summed E-state index contributed by atoms with van der Waals surface area (Å²) in [4.78, 5) is 32.0. The second-order valence-corrected chi connectivity index (χ2v) is 6.19. The Kier molecular flexibility index (Phi) is 4.52. The first-order chi connectivity index (χ1) is 9.88. The SMILES string of the molecule is Cc1ncc(Cn2c(C)c(CCC(=O)O)c(C)nc2=O)s1. The van der Waals surface area contributed by atoms with Gasteiger partial charge in [0, 0.05) is 28.9 Å². The lowest BCUT2D eigenvalue weighted by Crippen LogP contribution is -2.28. The van der Waals surface area contributed by atoms with E-state index in [9.17, 15) is 9.59 Å². The van der Waals surface area contributed by atoms with E-state index in [2.05, 4.69) is 9.97 Å². The van der Waals surface area contributed by atoms with Crippen LogP contribution in [0.2, 0.25) is 0 Å². The second-order valence-electron chi connectivity index (χ2n) is 4.87. The Bertz CT molecular complexity index is 734. The minimum Gasteiger partial charge on any atom is -0.481 e. The average Bonchev–Trinajstić information content (AvgIpc) is 2.79. The van der Waals surface area contributed by atoms with Gasteiger partial charge >= 0.3 is 11.7 Å². The zero-order valence-corrected chi connectivity index (χ0v) is 13.0. The zero-order valence-electron chi connectivity index (χ0n) is 12.2. The number of aryl methyl sites for hydroxylation is 2. The summed E-state index contributed by atoms with van der Waals surface area (Å²) >= 11 is 1.54. The van der Waals surface area contributed by atoms with Gasteiger partial charge in [0.15, 0.2) is 0 Å². The number of nitrogens with zero attached hydrogens (tertiary/aromatic N) is 3. The molecule has 21 heavy (non-hydrogen) atoms. The maximum Gasteiger partial charge on any atom is 0.348 e. The van der Waals surface area contributed by atoms with E-state index in [0.717, 1.165) is 21.1 Å². The summed E-state index contributed by atoms with van der Waals surface area (Å²) in [6.45, 7) is 5.91. The monoisotopic (exact) mass is 307 g/mol. The number of hydrogen-bond donors (Lipinski definition) is 1. The van der Waals surface area contributed by atoms with Crippen molar-refractivity contribution in [2.45, 2.75) is 40.2 Å². The Balaban J connectivity index is 2.38. The highest BCUT2D eigenvalue weighted by molar-refractivity contribution is 7.11. The summed E-state index contributed by atoms with van der Waals surface area (Å²) in [5.41, 5.74) is 1.91. The van der Waals surface area contributed by atoms with Gasteiger partial charge in [-0.05, 0) is 32.8 Å². The summed E-state index contributed by atoms with van der Waals surface area (Å²) in [5, 5.41) is 9.77. The van der Waals surface area contributed by atoms with Gasteiger partial charge in [0.1, 0.15) is 0 Å². The van der Waals surface area contributed by atoms with Gasteiger partial charge in [-0.3, -0.25) is 9.36 Å². The zero-order chi connectivity index (χ0) is 15.6. The van der Waals surface area contributed by atoms with Crippen LogP contribution in [0.5, 0.6) is 0 Å². The molecule has 112 valence electrons. The Labute approximate surface area is 126 Å². The maximum absolute atomic E-state index is 12.1. The number of rotatable bonds is 5. The number of carbonyl (C=O) groups is 1. The third-order valence-electron chi connectivity index (χ3n) is 3.34. The van der Waals surface area contributed by atoms with Crippen molar-refractivity contribution in [2.24, 2.45) is 0 Å². The summed E-state index contributed by atoms with van der Waals surface area (Å²) in [6, 6.07) is 0. The van der Waals surface area contributed by atoms with Crippen molar-refractivity contribution < 1.29 is 9.90 Å². The Hall–Kier alpha value is -2.02. The molecule has 0 saturated heterocycles. The van der Waals surface area contributed by atoms with Gasteiger partial charge in [-0.1, -0.05) is 0 Å². The highest BCUT2D eigenvalue weighted by Gasteiger charge is 2.13. The molecule has 2 aromatic rings. The van der Waals surface area contributed by atoms with Gasteiger partial charge in [-0.25, -0.2) is 9.78 Å². The van der Waals surface area contributed by atoms with Crippen LogP contribution in [0.15, 0.2) is 11.0 Å². The largest absolute Gasteiger partial charge is 0.481 e. The normalized spacial score (nSPS) is 10.8. The molecule has 0 atom stereocenters. The topological polar surface area (TPSA) is 85.1 Å². The van der Waals surface area contributed by atoms with Gasteiger partial charge in [0.2, 0.25) is 0 Å². The van der Waals surface area contributed by atoms with E-state index in [1.807, 2.05) is 13.8 Å². The number of aromatic nitrogens is 3. The molecule has 0 bridgehead atoms. The number of aliphatic carboxylic acids is 1. The average molecular weight is 307 g/mol. The van der Waals surface area contributed by atoms with Crippen molar-refractivity contribution in [3.63, 3.8) is 0 Å². The second kappa shape index (κ2) is 6.17. The highest BCUT2D eigenvalue weighted by Crippen LogP contribution is 2.16. The van der Waals surface area contributed by atoms with Crippen LogP contribution in [0.4, 0.5) is 0 Å². The maximum atomic E-state index is 12.1. The minimum atomic E-state index is -0.857. The number of carboxylic acids is 1. The van der Waals surface area contributed by atoms with Crippen LogP contribution in [-0.2, 0) is 17.8 Å². The van der Waals surface area contributed by atoms with E-state index >= 15 is 0 Å². The Morgan fingerprint density at radius 3 is 2.67 bits per heavy atom. The fourth-order valence-electron chi connectivity index (χ4n) is 2.25. The van der Waals surface area contributed by atoms with Crippen LogP contribution in [0.1, 0.15) is 33.3 Å². The lowest BCUT2D eigenvalue weighted by Gasteiger charge is -2.14. The van der Waals surface area contributed by atoms with E-state index in [4.69, 9.17) is 5.11 Å². The molecular weight excluding hydrogens is 290 g/mol. The predicted molar refractivity (Wildman–Crippen MR) is 79.9 cm³/mol. The summed E-state index contributed by atoms with van der Waals surface area (Å²) in [7, 11) is 0. The van der Waals surface area contributed by atoms with E-state index in [0.29, 0.717) is 18.7 Å². The third kappa shape index (κ3) is 3.55. The fourth-order valence-corrected chi connectivity index (χ4v) is 3.04. The van der Waals surface area contributed by atoms with Crippen LogP contribution in [-0.4, -0.2) is 25.6 Å². The van der Waals surface area contributed by atoms with Crippen LogP contribution in [0, 0.1) is 20.8 Å². The van der Waals surface area contributed by atoms with Gasteiger partial charge in [0.05, 0.1) is 11.6 Å². The first kappa shape index (κ1) is 15.4. The van der Waals surface area contributed by atoms with Crippen LogP contribution < -0.4 is 5.69 Å². The first-order valence-electron chi connectivity index (χ1n) is 6.58. The van der Waals surface area contributed by atoms with Crippen molar-refractivity contribution in [3.8, 4) is 0 Å². The standard InChI is InChI=1S/C14H17N3O3S/c1-8-12(4-5-13(18)19)9(2)17(14(20)16-8)7-11-6-15-10(3)21-11/h6H,4-5,7H2,1-3H3,(H,18,19). The van der Waals surface area contributed by atoms with Crippen molar-refractivity contribution in [3.05, 3.63) is 43.5 Å². The molecule has 2 aromatic heterocycles. The molecule has 7 heteroatoms. The molecule has 0 aromatic carbocycles. The summed E-state index contributed by atoms with van der Waals surface area (Å²) in [6.07, 6.45) is 2.16. The molecule has 0 unspecified atom stereocenters. The van der Waals surface area contributed by atoms with Crippen LogP contribution in [0.3, 0.4) is 0 Å². The van der Waals surface area contributed by atoms with Gasteiger partial charge in [0.25, 0.3) is 0 Å². The number of hydrogen-bond acceptors (Lipinski definition) is 5. The lowest BCUT2D eigenvalue weighted by atomic mass is 10.1. The smallest absolute Gasteiger partial charge is 0.348 e. The molecule has 0 aliphatic heterocycles. The molecule has 0 fully saturated rings. The Morgan fingerprint density at radius 1 is 1.38 bits per heavy atom. The highest BCUT2D eigenvalue weighted by atomic mass is 32.1. The van der Waals surface area contributed by atoms with E-state index in [1.54, 1.807) is 17.7 Å². The van der Waals surface area contributed by atoms with Crippen molar-refractivity contribution in [1.82, 2.24) is 14.5 Å². The number of thiazole rings is 1. The van der Waals surface area contributed by atoms with E-state index in [1.165, 1.54) is 11.3 Å². The van der Waals surface area contributed by atoms with Gasteiger partial charge < -0.3 is 5.11 Å². The molecule has 0 spiro atoms. The quantitative estimate of drug-likeness (QED) is 0.908. The number of carboxylic acid groups (broad SMARTS) is 1. The van der Waals surface area contributed by atoms with Gasteiger partial charge in [-0.15, -0.1) is 11.3 Å². The fraction of sp³-hybridized carbons (Fsp3) is 0.429. The molecule has 0 radical (unpaired) electrons. The molecule has 2 heterocycles. The molecule has 0 aliphatic rings. The summed E-state index contributed by atoms with van der Waals surface area (Å²) in [5.74, 6) is -0.857. The predicted octanol–water partition coefficient (Wildman–Crippen LogP) is 1.69. The minimum absolute atomic E-state index is 0.0290. The van der Waals surface area contributed by atoms with E-state index < -0.39 is 5.97 Å². The first-order valence-corrected chi connectivity index (χ1v) is 7.40. The third-order valence-corrected chi connectivity index (χ3v) is 4.24. The molecule has 0 amide bonds.